The number of carbonyl (C=O) groups is 1. The predicted molar refractivity (Wildman–Crippen MR) is 128 cm³/mol. The number of hydrogen-bond acceptors (Lipinski definition) is 4. The molecule has 1 amide bonds. The maximum Gasteiger partial charge on any atom is 0.424 e. The van der Waals surface area contributed by atoms with Gasteiger partial charge in [0.05, 0.1) is 4.90 Å². The average Bonchev–Trinajstić information content (AvgIpc) is 3.10. The van der Waals surface area contributed by atoms with E-state index in [0.717, 1.165) is 22.0 Å². The summed E-state index contributed by atoms with van der Waals surface area (Å²) >= 11 is 17.8. The van der Waals surface area contributed by atoms with Crippen LogP contribution in [-0.2, 0) is 21.2 Å². The number of aromatic nitrogens is 1. The van der Waals surface area contributed by atoms with Crippen molar-refractivity contribution in [2.45, 2.75) is 41.5 Å². The van der Waals surface area contributed by atoms with E-state index in [0.29, 0.717) is 4.31 Å². The minimum Gasteiger partial charge on any atom is -0.438 e. The molecule has 0 aliphatic rings. The van der Waals surface area contributed by atoms with Gasteiger partial charge < -0.3 is 9.72 Å². The number of carbonyl (C=O) groups excluding carboxylic acids is 1. The summed E-state index contributed by atoms with van der Waals surface area (Å²) in [5.74, 6) is 0. The number of benzene rings is 2. The Kier molecular flexibility index (Phi) is 7.05. The Labute approximate surface area is 202 Å². The lowest BCUT2D eigenvalue weighted by Gasteiger charge is -2.34. The highest BCUT2D eigenvalue weighted by atomic mass is 35.6. The smallest absolute Gasteiger partial charge is 0.424 e. The number of fused-ring (bicyclic) bond motifs is 1. The van der Waals surface area contributed by atoms with Crippen molar-refractivity contribution in [3.8, 4) is 0 Å². The van der Waals surface area contributed by atoms with Crippen LogP contribution in [0, 0.1) is 6.92 Å². The van der Waals surface area contributed by atoms with Crippen LogP contribution in [0.3, 0.4) is 0 Å². The third kappa shape index (κ3) is 5.17. The van der Waals surface area contributed by atoms with E-state index >= 15 is 0 Å². The lowest BCUT2D eigenvalue weighted by atomic mass is 10.1. The number of aromatic amines is 1. The quantitative estimate of drug-likeness (QED) is 0.407. The second-order valence-corrected chi connectivity index (χ2v) is 12.0. The highest BCUT2D eigenvalue weighted by Crippen LogP contribution is 2.41. The lowest BCUT2D eigenvalue weighted by Crippen LogP contribution is -2.47. The fraction of sp³-hybridized carbons (Fsp3) is 0.318. The third-order valence-corrected chi connectivity index (χ3v) is 8.24. The first-order valence-electron chi connectivity index (χ1n) is 9.77. The first kappa shape index (κ1) is 24.7. The van der Waals surface area contributed by atoms with Gasteiger partial charge in [0.2, 0.25) is 3.79 Å². The van der Waals surface area contributed by atoms with Gasteiger partial charge in [0.25, 0.3) is 10.0 Å². The molecule has 0 atom stereocenters. The minimum absolute atomic E-state index is 0.0364. The topological polar surface area (TPSA) is 79.5 Å². The van der Waals surface area contributed by atoms with Crippen molar-refractivity contribution in [3.05, 3.63) is 65.9 Å². The fourth-order valence-corrected chi connectivity index (χ4v) is 4.45. The van der Waals surface area contributed by atoms with E-state index < -0.39 is 25.5 Å². The zero-order valence-corrected chi connectivity index (χ0v) is 20.8. The number of nitrogens with zero attached hydrogens (tertiary/aromatic N) is 1. The molecule has 3 rings (SSSR count). The Balaban J connectivity index is 1.95. The number of ether oxygens (including phenoxy) is 1. The van der Waals surface area contributed by atoms with Crippen molar-refractivity contribution in [1.29, 1.82) is 0 Å². The van der Waals surface area contributed by atoms with E-state index in [-0.39, 0.29) is 17.9 Å². The van der Waals surface area contributed by atoms with E-state index in [9.17, 15) is 13.2 Å². The molecule has 10 heteroatoms. The summed E-state index contributed by atoms with van der Waals surface area (Å²) in [7, 11) is -4.22. The number of amides is 1. The van der Waals surface area contributed by atoms with Crippen LogP contribution in [0.4, 0.5) is 4.79 Å². The molecule has 0 aliphatic heterocycles. The van der Waals surface area contributed by atoms with Crippen molar-refractivity contribution in [1.82, 2.24) is 9.29 Å². The summed E-state index contributed by atoms with van der Waals surface area (Å²) in [6, 6.07) is 13.8. The van der Waals surface area contributed by atoms with Crippen LogP contribution in [0.2, 0.25) is 0 Å². The summed E-state index contributed by atoms with van der Waals surface area (Å²) < 4.78 is 30.8. The first-order chi connectivity index (χ1) is 14.8. The second-order valence-electron chi connectivity index (χ2n) is 7.88. The molecular formula is C22H23Cl3N2O4S. The minimum atomic E-state index is -4.22. The standard InChI is InChI=1S/C22H23Cl3N2O4S/c1-15-8-10-17(11-9-15)32(29,30)27(20(28)31-21(2,3)22(23,24)25)13-12-16-14-26-19-7-5-4-6-18(16)19/h4-11,14,26H,12-13H2,1-3H3. The normalized spacial score (nSPS) is 12.7. The first-order valence-corrected chi connectivity index (χ1v) is 12.3. The Morgan fingerprint density at radius 2 is 1.69 bits per heavy atom. The van der Waals surface area contributed by atoms with Gasteiger partial charge in [0.1, 0.15) is 0 Å². The van der Waals surface area contributed by atoms with Gasteiger partial charge in [-0.2, -0.15) is 0 Å². The van der Waals surface area contributed by atoms with Crippen LogP contribution in [0.5, 0.6) is 0 Å². The average molecular weight is 518 g/mol. The van der Waals surface area contributed by atoms with Gasteiger partial charge >= 0.3 is 6.09 Å². The molecule has 1 aromatic heterocycles. The maximum atomic E-state index is 13.4. The number of aryl methyl sites for hydroxylation is 1. The zero-order chi connectivity index (χ0) is 23.7. The van der Waals surface area contributed by atoms with Crippen molar-refractivity contribution < 1.29 is 17.9 Å². The molecule has 3 aromatic rings. The summed E-state index contributed by atoms with van der Waals surface area (Å²) in [6.45, 7) is 4.47. The Bertz CT molecular complexity index is 1220. The molecule has 0 spiro atoms. The van der Waals surface area contributed by atoms with Gasteiger partial charge in [-0.25, -0.2) is 17.5 Å². The summed E-state index contributed by atoms with van der Waals surface area (Å²) in [5, 5.41) is 0.940. The number of H-pyrrole nitrogens is 1. The number of halogens is 3. The maximum absolute atomic E-state index is 13.4. The van der Waals surface area contributed by atoms with Gasteiger partial charge in [0.15, 0.2) is 5.60 Å². The van der Waals surface area contributed by atoms with Crippen molar-refractivity contribution in [2.75, 3.05) is 6.54 Å². The van der Waals surface area contributed by atoms with Crippen LogP contribution >= 0.6 is 34.8 Å². The number of rotatable bonds is 6. The number of alkyl halides is 3. The van der Waals surface area contributed by atoms with E-state index in [4.69, 9.17) is 39.5 Å². The molecule has 32 heavy (non-hydrogen) atoms. The molecule has 0 saturated carbocycles. The van der Waals surface area contributed by atoms with Crippen molar-refractivity contribution in [3.63, 3.8) is 0 Å². The number of nitrogens with one attached hydrogen (secondary N) is 1. The van der Waals surface area contributed by atoms with Gasteiger partial charge in [-0.3, -0.25) is 0 Å². The van der Waals surface area contributed by atoms with E-state index in [1.807, 2.05) is 31.2 Å². The van der Waals surface area contributed by atoms with Crippen molar-refractivity contribution >= 4 is 61.8 Å². The monoisotopic (exact) mass is 516 g/mol. The molecule has 0 unspecified atom stereocenters. The highest BCUT2D eigenvalue weighted by molar-refractivity contribution is 7.89. The summed E-state index contributed by atoms with van der Waals surface area (Å²) in [6.07, 6.45) is 0.929. The molecular weight excluding hydrogens is 495 g/mol. The molecule has 6 nitrogen and oxygen atoms in total. The van der Waals surface area contributed by atoms with Gasteiger partial charge in [-0.15, -0.1) is 0 Å². The van der Waals surface area contributed by atoms with Gasteiger partial charge in [-0.1, -0.05) is 70.7 Å². The molecule has 1 heterocycles. The summed E-state index contributed by atoms with van der Waals surface area (Å²) in [5.41, 5.74) is 1.08. The Morgan fingerprint density at radius 3 is 2.31 bits per heavy atom. The van der Waals surface area contributed by atoms with E-state index in [1.165, 1.54) is 26.0 Å². The van der Waals surface area contributed by atoms with Crippen LogP contribution in [-0.4, -0.2) is 39.7 Å². The SMILES string of the molecule is Cc1ccc(S(=O)(=O)N(CCc2c[nH]c3ccccc23)C(=O)OC(C)(C)C(Cl)(Cl)Cl)cc1. The molecule has 0 aliphatic carbocycles. The largest absolute Gasteiger partial charge is 0.438 e. The molecule has 0 bridgehead atoms. The van der Waals surface area contributed by atoms with E-state index in [2.05, 4.69) is 4.98 Å². The molecule has 172 valence electrons. The third-order valence-electron chi connectivity index (χ3n) is 5.10. The predicted octanol–water partition coefficient (Wildman–Crippen LogP) is 6.00. The fourth-order valence-electron chi connectivity index (χ4n) is 3.03. The van der Waals surface area contributed by atoms with Gasteiger partial charge in [-0.05, 0) is 51.0 Å². The second kappa shape index (κ2) is 9.14. The molecule has 0 fully saturated rings. The van der Waals surface area contributed by atoms with Gasteiger partial charge in [0, 0.05) is 23.6 Å². The zero-order valence-electron chi connectivity index (χ0n) is 17.7. The van der Waals surface area contributed by atoms with E-state index in [1.54, 1.807) is 18.3 Å². The number of hydrogen-bond donors (Lipinski definition) is 1. The number of para-hydroxylation sites is 1. The highest BCUT2D eigenvalue weighted by Gasteiger charge is 2.46. The molecule has 0 radical (unpaired) electrons. The summed E-state index contributed by atoms with van der Waals surface area (Å²) in [4.78, 5) is 16.2. The van der Waals surface area contributed by atoms with Crippen LogP contribution in [0.25, 0.3) is 10.9 Å². The van der Waals surface area contributed by atoms with Crippen LogP contribution in [0.1, 0.15) is 25.0 Å². The number of sulfonamides is 1. The molecule has 1 N–H and O–H groups in total. The van der Waals surface area contributed by atoms with Crippen LogP contribution in [0.15, 0.2) is 59.6 Å². The molecule has 0 saturated heterocycles. The van der Waals surface area contributed by atoms with Crippen molar-refractivity contribution in [2.24, 2.45) is 0 Å². The Hall–Kier alpha value is -1.93. The van der Waals surface area contributed by atoms with Crippen LogP contribution < -0.4 is 0 Å². The lowest BCUT2D eigenvalue weighted by molar-refractivity contribution is 0.0291. The Morgan fingerprint density at radius 1 is 1.06 bits per heavy atom. The molecule has 2 aromatic carbocycles.